The van der Waals surface area contributed by atoms with Crippen LogP contribution in [0.25, 0.3) is 0 Å². The summed E-state index contributed by atoms with van der Waals surface area (Å²) in [6.07, 6.45) is 13.8. The average molecular weight is 363 g/mol. The maximum absolute atomic E-state index is 12.8. The molecular formula is C21H38N4O. The molecule has 3 aliphatic rings. The predicted octanol–water partition coefficient (Wildman–Crippen LogP) is 3.54. The fourth-order valence-corrected chi connectivity index (χ4v) is 5.35. The van der Waals surface area contributed by atoms with Crippen molar-refractivity contribution in [2.45, 2.75) is 82.7 Å². The van der Waals surface area contributed by atoms with E-state index < -0.39 is 0 Å². The molecule has 0 radical (unpaired) electrons. The molecule has 2 aliphatic carbocycles. The second-order valence-electron chi connectivity index (χ2n) is 9.11. The minimum atomic E-state index is -0.0954. The van der Waals surface area contributed by atoms with Crippen LogP contribution in [0.4, 0.5) is 0 Å². The Morgan fingerprint density at radius 3 is 2.42 bits per heavy atom. The molecule has 0 aromatic carbocycles. The van der Waals surface area contributed by atoms with Crippen LogP contribution in [-0.2, 0) is 4.79 Å². The van der Waals surface area contributed by atoms with Gasteiger partial charge in [0.25, 0.3) is 5.91 Å². The smallest absolute Gasteiger partial charge is 0.251 e. The highest BCUT2D eigenvalue weighted by atomic mass is 16.2. The first-order chi connectivity index (χ1) is 12.5. The predicted molar refractivity (Wildman–Crippen MR) is 106 cm³/mol. The molecule has 3 atom stereocenters. The van der Waals surface area contributed by atoms with Crippen molar-refractivity contribution in [2.24, 2.45) is 11.8 Å². The number of likely N-dealkylation sites (N-methyl/N-ethyl adjacent to an activating group) is 1. The molecule has 0 aromatic heterocycles. The Hall–Kier alpha value is -1.10. The van der Waals surface area contributed by atoms with Crippen LogP contribution in [0.1, 0.15) is 70.6 Å². The summed E-state index contributed by atoms with van der Waals surface area (Å²) >= 11 is 0. The topological polar surface area (TPSA) is 50.6 Å². The Kier molecular flexibility index (Phi) is 6.60. The molecule has 0 aromatic rings. The molecule has 1 amide bonds. The van der Waals surface area contributed by atoms with Crippen LogP contribution in [0, 0.1) is 17.2 Å². The van der Waals surface area contributed by atoms with E-state index in [9.17, 15) is 4.79 Å². The summed E-state index contributed by atoms with van der Waals surface area (Å²) in [4.78, 5) is 18.8. The Labute approximate surface area is 159 Å². The van der Waals surface area contributed by atoms with Gasteiger partial charge < -0.3 is 9.80 Å². The summed E-state index contributed by atoms with van der Waals surface area (Å²) in [5.74, 6) is 1.98. The summed E-state index contributed by atoms with van der Waals surface area (Å²) in [5, 5.41) is 8.44. The Bertz CT molecular complexity index is 500. The van der Waals surface area contributed by atoms with Gasteiger partial charge in [0, 0.05) is 19.6 Å². The van der Waals surface area contributed by atoms with Gasteiger partial charge in [-0.15, -0.1) is 0 Å². The van der Waals surface area contributed by atoms with Gasteiger partial charge in [-0.25, -0.2) is 0 Å². The number of hydrogen-bond acceptors (Lipinski definition) is 3. The molecule has 1 N–H and O–H groups in total. The van der Waals surface area contributed by atoms with E-state index in [2.05, 4.69) is 23.9 Å². The van der Waals surface area contributed by atoms with Gasteiger partial charge in [-0.1, -0.05) is 44.9 Å². The minimum Gasteiger partial charge on any atom is -0.331 e. The molecule has 1 saturated heterocycles. The summed E-state index contributed by atoms with van der Waals surface area (Å²) in [7, 11) is 6.13. The number of carbonyl (C=O) groups excluding carboxylic acids is 1. The van der Waals surface area contributed by atoms with Gasteiger partial charge in [0.2, 0.25) is 5.96 Å². The number of guanidine groups is 1. The van der Waals surface area contributed by atoms with Crippen LogP contribution in [0.2, 0.25) is 0 Å². The monoisotopic (exact) mass is 362 g/mol. The summed E-state index contributed by atoms with van der Waals surface area (Å²) in [6.45, 7) is 0.883. The summed E-state index contributed by atoms with van der Waals surface area (Å²) in [5.41, 5.74) is 0. The molecule has 0 bridgehead atoms. The largest absolute Gasteiger partial charge is 0.331 e. The lowest BCUT2D eigenvalue weighted by molar-refractivity contribution is -0.127. The van der Waals surface area contributed by atoms with Gasteiger partial charge >= 0.3 is 0 Å². The van der Waals surface area contributed by atoms with Crippen molar-refractivity contribution in [3.05, 3.63) is 0 Å². The highest BCUT2D eigenvalue weighted by Crippen LogP contribution is 2.34. The number of amides is 1. The van der Waals surface area contributed by atoms with E-state index in [0.29, 0.717) is 17.9 Å². The number of nitrogens with one attached hydrogen (secondary N) is 1. The Morgan fingerprint density at radius 2 is 1.73 bits per heavy atom. The molecule has 0 unspecified atom stereocenters. The van der Waals surface area contributed by atoms with Crippen LogP contribution in [0.3, 0.4) is 0 Å². The van der Waals surface area contributed by atoms with E-state index in [1.807, 2.05) is 0 Å². The van der Waals surface area contributed by atoms with Crippen molar-refractivity contribution in [1.82, 2.24) is 14.7 Å². The van der Waals surface area contributed by atoms with Crippen LogP contribution < -0.4 is 0 Å². The van der Waals surface area contributed by atoms with Crippen molar-refractivity contribution in [3.8, 4) is 0 Å². The van der Waals surface area contributed by atoms with E-state index >= 15 is 0 Å². The van der Waals surface area contributed by atoms with Crippen molar-refractivity contribution in [3.63, 3.8) is 0 Å². The molecular weight excluding hydrogens is 324 g/mol. The first-order valence-corrected chi connectivity index (χ1v) is 10.8. The number of hydrogen-bond donors (Lipinski definition) is 1. The van der Waals surface area contributed by atoms with E-state index in [0.717, 1.165) is 25.3 Å². The van der Waals surface area contributed by atoms with E-state index in [1.54, 1.807) is 11.9 Å². The van der Waals surface area contributed by atoms with Gasteiger partial charge in [-0.3, -0.25) is 15.1 Å². The number of rotatable bonds is 6. The van der Waals surface area contributed by atoms with Crippen LogP contribution in [0.5, 0.6) is 0 Å². The third-order valence-electron chi connectivity index (χ3n) is 7.13. The number of nitrogens with zero attached hydrogens (tertiary/aromatic N) is 3. The molecule has 3 rings (SSSR count). The quantitative estimate of drug-likeness (QED) is 0.786. The first kappa shape index (κ1) is 19.7. The second-order valence-corrected chi connectivity index (χ2v) is 9.11. The van der Waals surface area contributed by atoms with Crippen LogP contribution in [0.15, 0.2) is 0 Å². The third kappa shape index (κ3) is 4.41. The number of carbonyl (C=O) groups is 1. The van der Waals surface area contributed by atoms with E-state index in [1.165, 1.54) is 57.8 Å². The zero-order chi connectivity index (χ0) is 18.7. The Morgan fingerprint density at radius 1 is 1.04 bits per heavy atom. The molecule has 148 valence electrons. The fourth-order valence-electron chi connectivity index (χ4n) is 5.35. The molecule has 5 heteroatoms. The van der Waals surface area contributed by atoms with Crippen molar-refractivity contribution in [2.75, 3.05) is 27.7 Å². The molecule has 0 spiro atoms. The SMILES string of the molecule is CN1C(=N)N(CCC2CCCCC2)[C@H](C[C@H]2CCC[C@@H](N(C)C)C2)C1=O. The molecule has 2 saturated carbocycles. The molecule has 1 aliphatic heterocycles. The normalized spacial score (nSPS) is 31.3. The van der Waals surface area contributed by atoms with E-state index in [4.69, 9.17) is 5.41 Å². The van der Waals surface area contributed by atoms with Gasteiger partial charge in [0.05, 0.1) is 0 Å². The van der Waals surface area contributed by atoms with Gasteiger partial charge in [0.15, 0.2) is 0 Å². The highest BCUT2D eigenvalue weighted by Gasteiger charge is 2.42. The maximum Gasteiger partial charge on any atom is 0.251 e. The lowest BCUT2D eigenvalue weighted by Gasteiger charge is -2.35. The van der Waals surface area contributed by atoms with Gasteiger partial charge in [-0.05, 0) is 51.6 Å². The van der Waals surface area contributed by atoms with Gasteiger partial charge in [0.1, 0.15) is 6.04 Å². The highest BCUT2D eigenvalue weighted by molar-refractivity contribution is 6.04. The molecule has 5 nitrogen and oxygen atoms in total. The Balaban J connectivity index is 1.60. The van der Waals surface area contributed by atoms with E-state index in [-0.39, 0.29) is 11.9 Å². The fraction of sp³-hybridized carbons (Fsp3) is 0.905. The third-order valence-corrected chi connectivity index (χ3v) is 7.13. The van der Waals surface area contributed by atoms with Crippen molar-refractivity contribution in [1.29, 1.82) is 5.41 Å². The minimum absolute atomic E-state index is 0.0954. The summed E-state index contributed by atoms with van der Waals surface area (Å²) < 4.78 is 0. The molecule has 1 heterocycles. The average Bonchev–Trinajstić information content (AvgIpc) is 2.85. The van der Waals surface area contributed by atoms with Crippen LogP contribution >= 0.6 is 0 Å². The van der Waals surface area contributed by atoms with Gasteiger partial charge in [-0.2, -0.15) is 0 Å². The zero-order valence-electron chi connectivity index (χ0n) is 17.0. The summed E-state index contributed by atoms with van der Waals surface area (Å²) in [6, 6.07) is 0.556. The van der Waals surface area contributed by atoms with Crippen LogP contribution in [-0.4, -0.2) is 66.3 Å². The maximum atomic E-state index is 12.8. The zero-order valence-corrected chi connectivity index (χ0v) is 17.0. The molecule has 26 heavy (non-hydrogen) atoms. The molecule has 3 fully saturated rings. The van der Waals surface area contributed by atoms with Crippen molar-refractivity contribution < 1.29 is 4.79 Å². The standard InChI is InChI=1S/C21H38N4O/c1-23(2)18-11-7-10-17(14-18)15-19-20(26)24(3)21(22)25(19)13-12-16-8-5-4-6-9-16/h16-19,22H,4-15H2,1-3H3/t17-,18+,19+/m0/s1. The first-order valence-electron chi connectivity index (χ1n) is 10.8. The second kappa shape index (κ2) is 8.73. The lowest BCUT2D eigenvalue weighted by atomic mass is 9.81. The van der Waals surface area contributed by atoms with Crippen molar-refractivity contribution >= 4 is 11.9 Å². The lowest BCUT2D eigenvalue weighted by Crippen LogP contribution is -2.40.